The van der Waals surface area contributed by atoms with Gasteiger partial charge in [-0.25, -0.2) is 4.79 Å². The van der Waals surface area contributed by atoms with Crippen molar-refractivity contribution in [2.75, 3.05) is 0 Å². The molecular weight excluding hydrogens is 372 g/mol. The van der Waals surface area contributed by atoms with E-state index in [1.54, 1.807) is 6.08 Å². The minimum Gasteiger partial charge on any atom is -0.478 e. The van der Waals surface area contributed by atoms with Crippen LogP contribution in [0.3, 0.4) is 0 Å². The van der Waals surface area contributed by atoms with Gasteiger partial charge in [-0.2, -0.15) is 5.26 Å². The number of aliphatic carboxylic acids is 1. The van der Waals surface area contributed by atoms with Gasteiger partial charge in [0.2, 0.25) is 0 Å². The van der Waals surface area contributed by atoms with Gasteiger partial charge in [-0.1, -0.05) is 68.0 Å². The van der Waals surface area contributed by atoms with Crippen LogP contribution in [0, 0.1) is 24.2 Å². The number of hydrogen-bond acceptors (Lipinski definition) is 3. The van der Waals surface area contributed by atoms with Crippen molar-refractivity contribution >= 4 is 22.9 Å². The molecule has 0 fully saturated rings. The molecule has 0 spiro atoms. The molecule has 3 aromatic rings. The average molecular weight is 396 g/mol. The minimum atomic E-state index is -0.986. The fourth-order valence-corrected chi connectivity index (χ4v) is 3.41. The first-order valence-electron chi connectivity index (χ1n) is 9.90. The second-order valence-corrected chi connectivity index (χ2v) is 7.72. The molecule has 0 radical (unpaired) electrons. The van der Waals surface area contributed by atoms with Crippen molar-refractivity contribution in [3.63, 3.8) is 0 Å². The fraction of sp³-hybridized carbons (Fsp3) is 0.192. The molecule has 0 aliphatic rings. The van der Waals surface area contributed by atoms with Crippen LogP contribution in [0.2, 0.25) is 0 Å². The van der Waals surface area contributed by atoms with Gasteiger partial charge in [0.15, 0.2) is 0 Å². The molecule has 1 heterocycles. The number of allylic oxidation sites excluding steroid dienone is 2. The van der Waals surface area contributed by atoms with Crippen molar-refractivity contribution in [2.24, 2.45) is 5.92 Å². The molecule has 0 amide bonds. The predicted molar refractivity (Wildman–Crippen MR) is 121 cm³/mol. The zero-order chi connectivity index (χ0) is 21.7. The quantitative estimate of drug-likeness (QED) is 0.414. The molecule has 0 bridgehead atoms. The lowest BCUT2D eigenvalue weighted by Crippen LogP contribution is -2.04. The van der Waals surface area contributed by atoms with Crippen molar-refractivity contribution in [1.29, 1.82) is 5.26 Å². The van der Waals surface area contributed by atoms with E-state index in [-0.39, 0.29) is 0 Å². The van der Waals surface area contributed by atoms with Crippen LogP contribution < -0.4 is 0 Å². The van der Waals surface area contributed by atoms with Crippen LogP contribution in [-0.4, -0.2) is 16.1 Å². The van der Waals surface area contributed by atoms with Crippen LogP contribution in [0.1, 0.15) is 36.2 Å². The summed E-state index contributed by atoms with van der Waals surface area (Å²) in [5, 5.41) is 19.6. The van der Waals surface area contributed by atoms with Gasteiger partial charge >= 0.3 is 5.97 Å². The molecule has 0 unspecified atom stereocenters. The summed E-state index contributed by atoms with van der Waals surface area (Å²) in [5.74, 6) is -0.600. The first-order valence-corrected chi connectivity index (χ1v) is 9.90. The van der Waals surface area contributed by atoms with Gasteiger partial charge in [-0.05, 0) is 42.5 Å². The topological polar surface area (TPSA) is 74.0 Å². The summed E-state index contributed by atoms with van der Waals surface area (Å²) in [4.78, 5) is 15.4. The number of rotatable bonds is 6. The summed E-state index contributed by atoms with van der Waals surface area (Å²) >= 11 is 0. The standard InChI is InChI=1S/C26H24N2O2/c1-17(2)14-24-22(16-27)26(20-11-8-18(3)9-12-20)21-15-19(10-13-23(21)28-24)6-4-5-7-25(29)30/h4-13,15,17H,14H2,1-3H3,(H,29,30)/b6-4+,7-5+. The van der Waals surface area contributed by atoms with Crippen LogP contribution in [0.4, 0.5) is 0 Å². The molecule has 4 heteroatoms. The number of aromatic nitrogens is 1. The zero-order valence-corrected chi connectivity index (χ0v) is 17.4. The highest BCUT2D eigenvalue weighted by Crippen LogP contribution is 2.34. The lowest BCUT2D eigenvalue weighted by atomic mass is 9.91. The summed E-state index contributed by atoms with van der Waals surface area (Å²) < 4.78 is 0. The van der Waals surface area contributed by atoms with Gasteiger partial charge in [-0.15, -0.1) is 0 Å². The van der Waals surface area contributed by atoms with E-state index in [1.807, 2.05) is 55.5 Å². The first kappa shape index (κ1) is 21.0. The monoisotopic (exact) mass is 396 g/mol. The van der Waals surface area contributed by atoms with Crippen molar-refractivity contribution in [1.82, 2.24) is 4.98 Å². The number of carboxylic acid groups (broad SMARTS) is 1. The molecule has 0 aliphatic carbocycles. The van der Waals surface area contributed by atoms with Gasteiger partial charge < -0.3 is 5.11 Å². The van der Waals surface area contributed by atoms with Crippen molar-refractivity contribution in [3.05, 3.63) is 83.1 Å². The maximum atomic E-state index is 10.6. The summed E-state index contributed by atoms with van der Waals surface area (Å²) in [6.07, 6.45) is 6.83. The van der Waals surface area contributed by atoms with E-state index in [1.165, 1.54) is 6.08 Å². The normalized spacial score (nSPS) is 11.6. The molecule has 30 heavy (non-hydrogen) atoms. The Bertz CT molecular complexity index is 1180. The molecule has 4 nitrogen and oxygen atoms in total. The second kappa shape index (κ2) is 9.19. The van der Waals surface area contributed by atoms with E-state index in [9.17, 15) is 10.1 Å². The van der Waals surface area contributed by atoms with Crippen molar-refractivity contribution in [3.8, 4) is 17.2 Å². The smallest absolute Gasteiger partial charge is 0.328 e. The SMILES string of the molecule is Cc1ccc(-c2c(C#N)c(CC(C)C)nc3ccc(/C=C/C=C/C(=O)O)cc23)cc1. The summed E-state index contributed by atoms with van der Waals surface area (Å²) in [6, 6.07) is 16.5. The number of carboxylic acids is 1. The molecule has 1 aromatic heterocycles. The van der Waals surface area contributed by atoms with Gasteiger partial charge in [0, 0.05) is 17.0 Å². The van der Waals surface area contributed by atoms with E-state index in [0.717, 1.165) is 51.3 Å². The number of hydrogen-bond donors (Lipinski definition) is 1. The molecule has 0 aliphatic heterocycles. The Morgan fingerprint density at radius 1 is 1.17 bits per heavy atom. The Morgan fingerprint density at radius 2 is 1.90 bits per heavy atom. The molecular formula is C26H24N2O2. The Kier molecular flexibility index (Phi) is 6.44. The Labute approximate surface area is 176 Å². The molecule has 0 saturated heterocycles. The molecule has 2 aromatic carbocycles. The third kappa shape index (κ3) is 4.82. The van der Waals surface area contributed by atoms with Crippen LogP contribution in [0.15, 0.2) is 60.7 Å². The summed E-state index contributed by atoms with van der Waals surface area (Å²) in [6.45, 7) is 6.28. The summed E-state index contributed by atoms with van der Waals surface area (Å²) in [5.41, 5.74) is 6.24. The Morgan fingerprint density at radius 3 is 2.53 bits per heavy atom. The summed E-state index contributed by atoms with van der Waals surface area (Å²) in [7, 11) is 0. The molecule has 150 valence electrons. The van der Waals surface area contributed by atoms with E-state index in [4.69, 9.17) is 10.1 Å². The molecule has 1 N–H and O–H groups in total. The third-order valence-electron chi connectivity index (χ3n) is 4.78. The highest BCUT2D eigenvalue weighted by molar-refractivity contribution is 5.99. The van der Waals surface area contributed by atoms with E-state index in [2.05, 4.69) is 19.9 Å². The number of nitrogens with zero attached hydrogens (tertiary/aromatic N) is 2. The Balaban J connectivity index is 2.24. The van der Waals surface area contributed by atoms with Crippen LogP contribution in [0.5, 0.6) is 0 Å². The molecule has 0 saturated carbocycles. The van der Waals surface area contributed by atoms with Gasteiger partial charge in [-0.3, -0.25) is 4.98 Å². The van der Waals surface area contributed by atoms with E-state index < -0.39 is 5.97 Å². The van der Waals surface area contributed by atoms with Crippen LogP contribution in [0.25, 0.3) is 28.1 Å². The first-order chi connectivity index (χ1) is 14.4. The number of pyridine rings is 1. The average Bonchev–Trinajstić information content (AvgIpc) is 2.70. The lowest BCUT2D eigenvalue weighted by Gasteiger charge is -2.15. The van der Waals surface area contributed by atoms with Crippen molar-refractivity contribution < 1.29 is 9.90 Å². The van der Waals surface area contributed by atoms with Gasteiger partial charge in [0.1, 0.15) is 6.07 Å². The highest BCUT2D eigenvalue weighted by Gasteiger charge is 2.17. The molecule has 3 rings (SSSR count). The number of nitriles is 1. The highest BCUT2D eigenvalue weighted by atomic mass is 16.4. The lowest BCUT2D eigenvalue weighted by molar-refractivity contribution is -0.131. The number of aryl methyl sites for hydroxylation is 1. The maximum Gasteiger partial charge on any atom is 0.328 e. The molecule has 0 atom stereocenters. The maximum absolute atomic E-state index is 10.6. The largest absolute Gasteiger partial charge is 0.478 e. The van der Waals surface area contributed by atoms with Crippen LogP contribution in [-0.2, 0) is 11.2 Å². The van der Waals surface area contributed by atoms with E-state index >= 15 is 0 Å². The number of benzene rings is 2. The third-order valence-corrected chi connectivity index (χ3v) is 4.78. The Hall–Kier alpha value is -3.71. The number of carbonyl (C=O) groups is 1. The zero-order valence-electron chi connectivity index (χ0n) is 17.4. The van der Waals surface area contributed by atoms with Crippen molar-refractivity contribution in [2.45, 2.75) is 27.2 Å². The fourth-order valence-electron chi connectivity index (χ4n) is 3.41. The number of fused-ring (bicyclic) bond motifs is 1. The van der Waals surface area contributed by atoms with Gasteiger partial charge in [0.25, 0.3) is 0 Å². The second-order valence-electron chi connectivity index (χ2n) is 7.72. The predicted octanol–water partition coefficient (Wildman–Crippen LogP) is 5.93. The van der Waals surface area contributed by atoms with Crippen LogP contribution >= 0.6 is 0 Å². The van der Waals surface area contributed by atoms with Gasteiger partial charge in [0.05, 0.1) is 16.8 Å². The minimum absolute atomic E-state index is 0.385. The van der Waals surface area contributed by atoms with E-state index in [0.29, 0.717) is 11.5 Å².